The lowest BCUT2D eigenvalue weighted by Crippen LogP contribution is -1.96. The molecule has 0 aliphatic rings. The van der Waals surface area contributed by atoms with E-state index in [-0.39, 0.29) is 0 Å². The fourth-order valence-electron chi connectivity index (χ4n) is 1.75. The van der Waals surface area contributed by atoms with Crippen molar-refractivity contribution in [2.45, 2.75) is 13.0 Å². The van der Waals surface area contributed by atoms with Gasteiger partial charge in [0, 0.05) is 29.5 Å². The fraction of sp³-hybridized carbons (Fsp3) is 0.250. The Morgan fingerprint density at radius 2 is 2.20 bits per heavy atom. The predicted molar refractivity (Wildman–Crippen MR) is 62.0 cm³/mol. The van der Waals surface area contributed by atoms with Crippen LogP contribution in [0.2, 0.25) is 0 Å². The molecule has 1 aromatic carbocycles. The first-order chi connectivity index (χ1) is 7.36. The van der Waals surface area contributed by atoms with E-state index in [0.717, 1.165) is 29.4 Å². The van der Waals surface area contributed by atoms with Crippen molar-refractivity contribution in [3.05, 3.63) is 36.0 Å². The number of benzene rings is 1. The van der Waals surface area contributed by atoms with Crippen LogP contribution < -0.4 is 0 Å². The van der Waals surface area contributed by atoms with Crippen LogP contribution in [0.4, 0.5) is 0 Å². The molecule has 0 fully saturated rings. The minimum absolute atomic E-state index is 0.664. The maximum absolute atomic E-state index is 8.94. The van der Waals surface area contributed by atoms with Crippen molar-refractivity contribution in [2.75, 3.05) is 5.88 Å². The van der Waals surface area contributed by atoms with Gasteiger partial charge in [0.15, 0.2) is 0 Å². The second-order valence-corrected chi connectivity index (χ2v) is 3.78. The van der Waals surface area contributed by atoms with Crippen LogP contribution in [0, 0.1) is 11.3 Å². The maximum Gasteiger partial charge on any atom is 0.0998 e. The highest BCUT2D eigenvalue weighted by molar-refractivity contribution is 6.17. The summed E-state index contributed by atoms with van der Waals surface area (Å²) >= 11 is 5.66. The van der Waals surface area contributed by atoms with E-state index in [1.54, 1.807) is 0 Å². The summed E-state index contributed by atoms with van der Waals surface area (Å²) in [5.41, 5.74) is 1.84. The summed E-state index contributed by atoms with van der Waals surface area (Å²) in [5.74, 6) is 0.664. The van der Waals surface area contributed by atoms with Crippen molar-refractivity contribution in [1.82, 2.24) is 4.57 Å². The topological polar surface area (TPSA) is 28.7 Å². The van der Waals surface area contributed by atoms with Crippen LogP contribution in [0.25, 0.3) is 10.9 Å². The first-order valence-electron chi connectivity index (χ1n) is 4.90. The number of rotatable bonds is 3. The number of nitriles is 1. The highest BCUT2D eigenvalue weighted by atomic mass is 35.5. The summed E-state index contributed by atoms with van der Waals surface area (Å²) in [5, 5.41) is 9.96. The van der Waals surface area contributed by atoms with Crippen LogP contribution in [0.1, 0.15) is 12.0 Å². The lowest BCUT2D eigenvalue weighted by molar-refractivity contribution is 0.707. The average Bonchev–Trinajstić information content (AvgIpc) is 2.69. The Morgan fingerprint density at radius 3 is 2.93 bits per heavy atom. The molecule has 76 valence electrons. The molecular weight excluding hydrogens is 208 g/mol. The van der Waals surface area contributed by atoms with Crippen molar-refractivity contribution in [3.63, 3.8) is 0 Å². The van der Waals surface area contributed by atoms with E-state index in [4.69, 9.17) is 16.9 Å². The zero-order chi connectivity index (χ0) is 10.7. The Labute approximate surface area is 93.7 Å². The summed E-state index contributed by atoms with van der Waals surface area (Å²) in [6.07, 6.45) is 2.96. The zero-order valence-corrected chi connectivity index (χ0v) is 9.04. The SMILES string of the molecule is N#Cc1cccc2c1ccn2CCCCl. The Bertz CT molecular complexity index is 508. The Kier molecular flexibility index (Phi) is 2.94. The van der Waals surface area contributed by atoms with Crippen molar-refractivity contribution < 1.29 is 0 Å². The second kappa shape index (κ2) is 4.37. The molecule has 2 aromatic rings. The van der Waals surface area contributed by atoms with Gasteiger partial charge in [0.2, 0.25) is 0 Å². The Balaban J connectivity index is 2.47. The molecule has 0 aliphatic carbocycles. The number of hydrogen-bond donors (Lipinski definition) is 0. The van der Waals surface area contributed by atoms with Crippen LogP contribution in [0.5, 0.6) is 0 Å². The average molecular weight is 219 g/mol. The van der Waals surface area contributed by atoms with Gasteiger partial charge >= 0.3 is 0 Å². The van der Waals surface area contributed by atoms with Gasteiger partial charge in [-0.3, -0.25) is 0 Å². The number of aryl methyl sites for hydroxylation is 1. The molecule has 2 rings (SSSR count). The number of alkyl halides is 1. The van der Waals surface area contributed by atoms with E-state index in [9.17, 15) is 0 Å². The van der Waals surface area contributed by atoms with Crippen molar-refractivity contribution in [3.8, 4) is 6.07 Å². The van der Waals surface area contributed by atoms with E-state index in [2.05, 4.69) is 10.6 Å². The summed E-state index contributed by atoms with van der Waals surface area (Å²) in [6, 6.07) is 9.98. The third-order valence-electron chi connectivity index (χ3n) is 2.47. The standard InChI is InChI=1S/C12H11ClN2/c13-6-2-7-15-8-5-11-10(9-14)3-1-4-12(11)15/h1,3-5,8H,2,6-7H2. The molecule has 0 aliphatic heterocycles. The molecule has 0 atom stereocenters. The quantitative estimate of drug-likeness (QED) is 0.728. The molecule has 0 spiro atoms. The fourth-order valence-corrected chi connectivity index (χ4v) is 1.87. The van der Waals surface area contributed by atoms with Gasteiger partial charge in [0.25, 0.3) is 0 Å². The maximum atomic E-state index is 8.94. The summed E-state index contributed by atoms with van der Waals surface area (Å²) in [4.78, 5) is 0. The smallest absolute Gasteiger partial charge is 0.0998 e. The molecule has 3 heteroatoms. The first kappa shape index (κ1) is 10.1. The number of halogens is 1. The summed E-state index contributed by atoms with van der Waals surface area (Å²) in [6.45, 7) is 0.905. The van der Waals surface area contributed by atoms with Crippen LogP contribution in [0.3, 0.4) is 0 Å². The molecule has 0 unspecified atom stereocenters. The zero-order valence-electron chi connectivity index (χ0n) is 8.28. The highest BCUT2D eigenvalue weighted by Crippen LogP contribution is 2.19. The van der Waals surface area contributed by atoms with Crippen molar-refractivity contribution in [1.29, 1.82) is 5.26 Å². The lowest BCUT2D eigenvalue weighted by atomic mass is 10.1. The van der Waals surface area contributed by atoms with Gasteiger partial charge in [0.1, 0.15) is 0 Å². The number of aromatic nitrogens is 1. The number of fused-ring (bicyclic) bond motifs is 1. The molecule has 0 N–H and O–H groups in total. The van der Waals surface area contributed by atoms with Gasteiger partial charge in [-0.2, -0.15) is 5.26 Å². The molecule has 0 amide bonds. The molecule has 2 nitrogen and oxygen atoms in total. The van der Waals surface area contributed by atoms with Crippen LogP contribution in [-0.2, 0) is 6.54 Å². The Hall–Kier alpha value is -1.46. The lowest BCUT2D eigenvalue weighted by Gasteiger charge is -2.03. The van der Waals surface area contributed by atoms with E-state index in [1.165, 1.54) is 0 Å². The van der Waals surface area contributed by atoms with Crippen molar-refractivity contribution >= 4 is 22.5 Å². The predicted octanol–water partition coefficient (Wildman–Crippen LogP) is 3.14. The second-order valence-electron chi connectivity index (χ2n) is 3.40. The summed E-state index contributed by atoms with van der Waals surface area (Å²) < 4.78 is 2.14. The monoisotopic (exact) mass is 218 g/mol. The molecule has 0 radical (unpaired) electrons. The third-order valence-corrected chi connectivity index (χ3v) is 2.73. The number of nitrogens with zero attached hydrogens (tertiary/aromatic N) is 2. The van der Waals surface area contributed by atoms with Gasteiger partial charge < -0.3 is 4.57 Å². The van der Waals surface area contributed by atoms with E-state index in [1.807, 2.05) is 30.5 Å². The van der Waals surface area contributed by atoms with Gasteiger partial charge in [0.05, 0.1) is 11.6 Å². The molecular formula is C12H11ClN2. The highest BCUT2D eigenvalue weighted by Gasteiger charge is 2.03. The molecule has 1 heterocycles. The number of hydrogen-bond acceptors (Lipinski definition) is 1. The Morgan fingerprint density at radius 1 is 1.33 bits per heavy atom. The molecule has 0 saturated heterocycles. The van der Waals surface area contributed by atoms with Gasteiger partial charge in [-0.25, -0.2) is 0 Å². The van der Waals surface area contributed by atoms with E-state index in [0.29, 0.717) is 5.88 Å². The van der Waals surface area contributed by atoms with Gasteiger partial charge in [-0.15, -0.1) is 11.6 Å². The van der Waals surface area contributed by atoms with Crippen LogP contribution in [-0.4, -0.2) is 10.4 Å². The van der Waals surface area contributed by atoms with E-state index < -0.39 is 0 Å². The van der Waals surface area contributed by atoms with Gasteiger partial charge in [-0.05, 0) is 24.6 Å². The normalized spacial score (nSPS) is 10.4. The molecule has 0 bridgehead atoms. The minimum Gasteiger partial charge on any atom is -0.347 e. The minimum atomic E-state index is 0.664. The third kappa shape index (κ3) is 1.84. The first-order valence-corrected chi connectivity index (χ1v) is 5.44. The molecule has 15 heavy (non-hydrogen) atoms. The summed E-state index contributed by atoms with van der Waals surface area (Å²) in [7, 11) is 0. The van der Waals surface area contributed by atoms with Crippen molar-refractivity contribution in [2.24, 2.45) is 0 Å². The van der Waals surface area contributed by atoms with E-state index >= 15 is 0 Å². The molecule has 1 aromatic heterocycles. The van der Waals surface area contributed by atoms with Crippen LogP contribution in [0.15, 0.2) is 30.5 Å². The van der Waals surface area contributed by atoms with Crippen LogP contribution >= 0.6 is 11.6 Å². The largest absolute Gasteiger partial charge is 0.347 e. The van der Waals surface area contributed by atoms with Gasteiger partial charge in [-0.1, -0.05) is 6.07 Å². The molecule has 0 saturated carbocycles.